The molecule has 4 rings (SSSR count). The largest absolute Gasteiger partial charge is 0.435 e. The molecule has 2 aliphatic rings. The van der Waals surface area contributed by atoms with Gasteiger partial charge in [0.25, 0.3) is 5.91 Å². The number of benzene rings is 1. The van der Waals surface area contributed by atoms with E-state index in [9.17, 15) is 22.8 Å². The zero-order chi connectivity index (χ0) is 22.6. The van der Waals surface area contributed by atoms with Gasteiger partial charge in [0.1, 0.15) is 0 Å². The molecule has 0 saturated carbocycles. The maximum atomic E-state index is 13.7. The van der Waals surface area contributed by atoms with Crippen molar-refractivity contribution in [1.29, 1.82) is 0 Å². The van der Waals surface area contributed by atoms with Gasteiger partial charge in [-0.2, -0.15) is 18.3 Å². The Labute approximate surface area is 176 Å². The van der Waals surface area contributed by atoms with Crippen molar-refractivity contribution in [1.82, 2.24) is 9.78 Å². The molecule has 0 bridgehead atoms. The third kappa shape index (κ3) is 4.04. The van der Waals surface area contributed by atoms with Crippen molar-refractivity contribution < 1.29 is 27.5 Å². The van der Waals surface area contributed by atoms with Crippen LogP contribution in [0, 0.1) is 5.41 Å². The number of alkyl halides is 3. The van der Waals surface area contributed by atoms with Crippen LogP contribution >= 0.6 is 0 Å². The minimum atomic E-state index is -4.76. The van der Waals surface area contributed by atoms with Crippen LogP contribution < -0.4 is 11.1 Å². The summed E-state index contributed by atoms with van der Waals surface area (Å²) in [4.78, 5) is 24.5. The van der Waals surface area contributed by atoms with Gasteiger partial charge in [-0.1, -0.05) is 13.8 Å². The van der Waals surface area contributed by atoms with Crippen LogP contribution in [0.25, 0.3) is 5.69 Å². The molecule has 10 heteroatoms. The highest BCUT2D eigenvalue weighted by Crippen LogP contribution is 2.42. The van der Waals surface area contributed by atoms with Crippen LogP contribution in [0.4, 0.5) is 18.9 Å². The van der Waals surface area contributed by atoms with E-state index in [0.29, 0.717) is 24.6 Å². The van der Waals surface area contributed by atoms with E-state index < -0.39 is 29.0 Å². The van der Waals surface area contributed by atoms with Gasteiger partial charge >= 0.3 is 6.18 Å². The van der Waals surface area contributed by atoms with Crippen LogP contribution in [0.15, 0.2) is 18.2 Å². The molecular weight excluding hydrogens is 413 g/mol. The Balaban J connectivity index is 1.86. The summed E-state index contributed by atoms with van der Waals surface area (Å²) in [7, 11) is 0. The first-order valence-electron chi connectivity index (χ1n) is 9.97. The molecule has 1 aromatic heterocycles. The number of anilines is 1. The van der Waals surface area contributed by atoms with E-state index in [2.05, 4.69) is 10.4 Å². The molecule has 1 aliphatic carbocycles. The maximum absolute atomic E-state index is 13.7. The smallest absolute Gasteiger partial charge is 0.379 e. The predicted octanol–water partition coefficient (Wildman–Crippen LogP) is 3.35. The summed E-state index contributed by atoms with van der Waals surface area (Å²) in [5.41, 5.74) is 4.55. The Kier molecular flexibility index (Phi) is 5.07. The summed E-state index contributed by atoms with van der Waals surface area (Å²) in [5.74, 6) is -1.23. The van der Waals surface area contributed by atoms with Crippen molar-refractivity contribution in [2.45, 2.75) is 45.3 Å². The zero-order valence-corrected chi connectivity index (χ0v) is 17.2. The highest BCUT2D eigenvalue weighted by Gasteiger charge is 2.45. The molecule has 166 valence electrons. The number of nitrogens with two attached hydrogens (primary N) is 1. The highest BCUT2D eigenvalue weighted by molar-refractivity contribution is 6.00. The van der Waals surface area contributed by atoms with Crippen molar-refractivity contribution in [3.05, 3.63) is 40.7 Å². The van der Waals surface area contributed by atoms with Gasteiger partial charge in [0.15, 0.2) is 11.5 Å². The predicted molar refractivity (Wildman–Crippen MR) is 106 cm³/mol. The summed E-state index contributed by atoms with van der Waals surface area (Å²) in [6.07, 6.45) is -3.76. The molecule has 1 fully saturated rings. The number of hydrogen-bond acceptors (Lipinski definition) is 5. The fourth-order valence-electron chi connectivity index (χ4n) is 4.23. The van der Waals surface area contributed by atoms with E-state index in [1.807, 2.05) is 13.8 Å². The van der Waals surface area contributed by atoms with Gasteiger partial charge in [-0.15, -0.1) is 0 Å². The summed E-state index contributed by atoms with van der Waals surface area (Å²) in [5, 5.41) is 6.99. The van der Waals surface area contributed by atoms with Gasteiger partial charge in [-0.05, 0) is 36.5 Å². The number of amides is 1. The average molecular weight is 436 g/mol. The number of fused-ring (bicyclic) bond motifs is 1. The molecule has 7 nitrogen and oxygen atoms in total. The number of Topliss-reactive ketones (excluding diaryl/α,β-unsaturated/α-hetero) is 1. The lowest BCUT2D eigenvalue weighted by molar-refractivity contribution is -0.141. The Bertz CT molecular complexity index is 1050. The van der Waals surface area contributed by atoms with E-state index in [1.54, 1.807) is 0 Å². The summed E-state index contributed by atoms with van der Waals surface area (Å²) >= 11 is 0. The second kappa shape index (κ2) is 7.37. The number of nitrogens with one attached hydrogen (secondary N) is 1. The van der Waals surface area contributed by atoms with E-state index in [-0.39, 0.29) is 35.7 Å². The van der Waals surface area contributed by atoms with Crippen molar-refractivity contribution in [3.63, 3.8) is 0 Å². The molecular formula is C21H23F3N4O3. The Morgan fingerprint density at radius 2 is 2.06 bits per heavy atom. The summed E-state index contributed by atoms with van der Waals surface area (Å²) in [6.45, 7) is 4.69. The average Bonchev–Trinajstić information content (AvgIpc) is 3.27. The molecule has 1 aromatic carbocycles. The van der Waals surface area contributed by atoms with Crippen LogP contribution in [0.3, 0.4) is 0 Å². The highest BCUT2D eigenvalue weighted by atomic mass is 19.4. The number of carbonyl (C=O) groups is 2. The second-order valence-electron chi connectivity index (χ2n) is 8.82. The first-order chi connectivity index (χ1) is 14.5. The Morgan fingerprint density at radius 3 is 2.68 bits per heavy atom. The van der Waals surface area contributed by atoms with Crippen LogP contribution in [0.5, 0.6) is 0 Å². The van der Waals surface area contributed by atoms with Crippen LogP contribution in [-0.2, 0) is 17.3 Å². The normalized spacial score (nSPS) is 20.5. The van der Waals surface area contributed by atoms with Crippen LogP contribution in [-0.4, -0.2) is 40.7 Å². The number of primary amides is 1. The Hall–Kier alpha value is -2.88. The summed E-state index contributed by atoms with van der Waals surface area (Å²) in [6, 6.07) is 4.42. The van der Waals surface area contributed by atoms with Crippen LogP contribution in [0.1, 0.15) is 58.8 Å². The molecule has 1 atom stereocenters. The fraction of sp³-hybridized carbons (Fsp3) is 0.476. The number of rotatable bonds is 4. The van der Waals surface area contributed by atoms with Gasteiger partial charge in [0.2, 0.25) is 0 Å². The molecule has 3 N–H and O–H groups in total. The van der Waals surface area contributed by atoms with Crippen molar-refractivity contribution >= 4 is 17.4 Å². The molecule has 2 heterocycles. The van der Waals surface area contributed by atoms with Gasteiger partial charge in [-0.3, -0.25) is 9.59 Å². The standard InChI is InChI=1S/C21H23F3N4O3/c1-20(2)8-15-17(16(29)9-20)18(21(22,23)24)27-28(15)12-3-4-13(19(25)30)14(7-12)26-11-5-6-31-10-11/h3-4,7,11,26H,5-6,8-10H2,1-2H3,(H2,25,30). The Morgan fingerprint density at radius 1 is 1.32 bits per heavy atom. The lowest BCUT2D eigenvalue weighted by Gasteiger charge is -2.29. The number of nitrogens with zero attached hydrogens (tertiary/aromatic N) is 2. The molecule has 1 saturated heterocycles. The van der Waals surface area contributed by atoms with E-state index in [1.165, 1.54) is 18.2 Å². The van der Waals surface area contributed by atoms with E-state index >= 15 is 0 Å². The topological polar surface area (TPSA) is 99.2 Å². The van der Waals surface area contributed by atoms with Crippen molar-refractivity contribution in [2.24, 2.45) is 11.1 Å². The molecule has 0 spiro atoms. The first kappa shape index (κ1) is 21.4. The first-order valence-corrected chi connectivity index (χ1v) is 9.97. The number of aromatic nitrogens is 2. The molecule has 0 radical (unpaired) electrons. The van der Waals surface area contributed by atoms with Crippen molar-refractivity contribution in [3.8, 4) is 5.69 Å². The monoisotopic (exact) mass is 436 g/mol. The van der Waals surface area contributed by atoms with Gasteiger partial charge in [0, 0.05) is 18.7 Å². The number of halogens is 3. The summed E-state index contributed by atoms with van der Waals surface area (Å²) < 4.78 is 47.5. The van der Waals surface area contributed by atoms with Gasteiger partial charge in [-0.25, -0.2) is 4.68 Å². The molecule has 31 heavy (non-hydrogen) atoms. The molecule has 1 aliphatic heterocycles. The minimum Gasteiger partial charge on any atom is -0.379 e. The fourth-order valence-corrected chi connectivity index (χ4v) is 4.23. The lowest BCUT2D eigenvalue weighted by atomic mass is 9.75. The van der Waals surface area contributed by atoms with Crippen molar-refractivity contribution in [2.75, 3.05) is 18.5 Å². The zero-order valence-electron chi connectivity index (χ0n) is 17.2. The second-order valence-corrected chi connectivity index (χ2v) is 8.82. The van der Waals surface area contributed by atoms with E-state index in [4.69, 9.17) is 10.5 Å². The molecule has 2 aromatic rings. The third-order valence-electron chi connectivity index (χ3n) is 5.62. The van der Waals surface area contributed by atoms with Gasteiger partial charge in [0.05, 0.1) is 35.2 Å². The SMILES string of the molecule is CC1(C)CC(=O)c2c(C(F)(F)F)nn(-c3ccc(C(N)=O)c(NC4CCOC4)c3)c2C1. The maximum Gasteiger partial charge on any atom is 0.435 e. The third-order valence-corrected chi connectivity index (χ3v) is 5.62. The number of carbonyl (C=O) groups excluding carboxylic acids is 2. The molecule has 1 amide bonds. The van der Waals surface area contributed by atoms with E-state index in [0.717, 1.165) is 11.1 Å². The lowest BCUT2D eigenvalue weighted by Crippen LogP contribution is -2.29. The number of ether oxygens (including phenoxy) is 1. The molecule has 1 unspecified atom stereocenters. The minimum absolute atomic E-state index is 0.0177. The van der Waals surface area contributed by atoms with Crippen LogP contribution in [0.2, 0.25) is 0 Å². The number of hydrogen-bond donors (Lipinski definition) is 2. The van der Waals surface area contributed by atoms with Gasteiger partial charge < -0.3 is 15.8 Å². The number of ketones is 1. The quantitative estimate of drug-likeness (QED) is 0.766.